The first-order valence-corrected chi connectivity index (χ1v) is 10.9. The molecule has 8 N–H and O–H groups in total. The number of aromatic nitrogens is 7. The second-order valence-electron chi connectivity index (χ2n) is 7.50. The third kappa shape index (κ3) is 7.62. The summed E-state index contributed by atoms with van der Waals surface area (Å²) in [5, 5.41) is 27.4. The number of aliphatic hydroxyl groups excluding tert-OH is 2. The van der Waals surface area contributed by atoms with E-state index in [1.807, 2.05) is 0 Å². The Labute approximate surface area is 190 Å². The van der Waals surface area contributed by atoms with Crippen LogP contribution in [-0.4, -0.2) is 83.6 Å². The lowest BCUT2D eigenvalue weighted by molar-refractivity contribution is 0.0945. The van der Waals surface area contributed by atoms with Gasteiger partial charge in [-0.3, -0.25) is 9.78 Å². The molecule has 14 nitrogen and oxygen atoms in total. The van der Waals surface area contributed by atoms with E-state index >= 15 is 0 Å². The van der Waals surface area contributed by atoms with E-state index in [0.29, 0.717) is 37.2 Å². The molecule has 0 radical (unpaired) electrons. The molecule has 0 aliphatic carbocycles. The molecular formula is C19H31N11O3. The monoisotopic (exact) mass is 461 g/mol. The van der Waals surface area contributed by atoms with Gasteiger partial charge < -0.3 is 36.5 Å². The molecule has 33 heavy (non-hydrogen) atoms. The number of rotatable bonds is 15. The van der Waals surface area contributed by atoms with Gasteiger partial charge >= 0.3 is 0 Å². The minimum Gasteiger partial charge on any atom is -0.394 e. The maximum atomic E-state index is 11.8. The number of nitrogens with zero attached hydrogens (tertiary/aromatic N) is 6. The molecule has 3 heterocycles. The Morgan fingerprint density at radius 2 is 1.76 bits per heavy atom. The second-order valence-corrected chi connectivity index (χ2v) is 7.50. The van der Waals surface area contributed by atoms with Gasteiger partial charge in [0.2, 0.25) is 17.8 Å². The SMILES string of the molecule is Nc1nc2c(ncn2CCNc2ncnc(NCCCCCCNCC(O)CO)n2)c(=O)[nH]1. The van der Waals surface area contributed by atoms with Crippen molar-refractivity contribution in [3.05, 3.63) is 23.0 Å². The number of H-pyrrole nitrogens is 1. The van der Waals surface area contributed by atoms with Crippen molar-refractivity contribution in [3.63, 3.8) is 0 Å². The van der Waals surface area contributed by atoms with Crippen molar-refractivity contribution in [2.24, 2.45) is 0 Å². The van der Waals surface area contributed by atoms with Crippen LogP contribution in [0.1, 0.15) is 25.7 Å². The van der Waals surface area contributed by atoms with E-state index < -0.39 is 6.10 Å². The predicted octanol–water partition coefficient (Wildman–Crippen LogP) is -1.09. The third-order valence-electron chi connectivity index (χ3n) is 4.85. The predicted molar refractivity (Wildman–Crippen MR) is 124 cm³/mol. The van der Waals surface area contributed by atoms with Gasteiger partial charge in [0.15, 0.2) is 11.2 Å². The van der Waals surface area contributed by atoms with Crippen molar-refractivity contribution in [2.75, 3.05) is 49.2 Å². The number of fused-ring (bicyclic) bond motifs is 1. The Morgan fingerprint density at radius 3 is 2.52 bits per heavy atom. The zero-order chi connectivity index (χ0) is 23.5. The van der Waals surface area contributed by atoms with Crippen LogP contribution in [0.4, 0.5) is 17.8 Å². The number of nitrogen functional groups attached to an aromatic ring is 1. The standard InChI is InChI=1S/C19H31N11O3/c20-17-27-15-14(16(33)28-17)26-12-30(15)8-7-23-19-25-11-24-18(29-19)22-6-4-2-1-3-5-21-9-13(32)10-31/h11-13,21,31-32H,1-10H2,(H3,20,27,28,33)(H2,22,23,24,25,29). The Balaban J connectivity index is 1.34. The van der Waals surface area contributed by atoms with Crippen LogP contribution in [0.25, 0.3) is 11.2 Å². The number of aliphatic hydroxyl groups is 2. The number of unbranched alkanes of at least 4 members (excludes halogenated alkanes) is 3. The van der Waals surface area contributed by atoms with E-state index in [1.165, 1.54) is 6.33 Å². The molecule has 0 spiro atoms. The first-order chi connectivity index (χ1) is 16.1. The van der Waals surface area contributed by atoms with Gasteiger partial charge in [0.25, 0.3) is 5.56 Å². The van der Waals surface area contributed by atoms with Crippen LogP contribution in [0.2, 0.25) is 0 Å². The van der Waals surface area contributed by atoms with Crippen molar-refractivity contribution in [1.82, 2.24) is 39.8 Å². The molecular weight excluding hydrogens is 430 g/mol. The summed E-state index contributed by atoms with van der Waals surface area (Å²) >= 11 is 0. The summed E-state index contributed by atoms with van der Waals surface area (Å²) in [4.78, 5) is 35.1. The van der Waals surface area contributed by atoms with Crippen LogP contribution in [0.3, 0.4) is 0 Å². The average Bonchev–Trinajstić information content (AvgIpc) is 3.21. The van der Waals surface area contributed by atoms with Crippen molar-refractivity contribution in [1.29, 1.82) is 0 Å². The summed E-state index contributed by atoms with van der Waals surface area (Å²) in [6, 6.07) is 0. The zero-order valence-electron chi connectivity index (χ0n) is 18.4. The summed E-state index contributed by atoms with van der Waals surface area (Å²) in [5.74, 6) is 0.990. The van der Waals surface area contributed by atoms with Crippen LogP contribution in [-0.2, 0) is 6.54 Å². The van der Waals surface area contributed by atoms with Crippen molar-refractivity contribution in [3.8, 4) is 0 Å². The van der Waals surface area contributed by atoms with Crippen LogP contribution in [0.15, 0.2) is 17.4 Å². The summed E-state index contributed by atoms with van der Waals surface area (Å²) in [7, 11) is 0. The molecule has 0 aliphatic heterocycles. The highest BCUT2D eigenvalue weighted by molar-refractivity contribution is 5.70. The maximum absolute atomic E-state index is 11.8. The normalized spacial score (nSPS) is 12.2. The first kappa shape index (κ1) is 24.3. The van der Waals surface area contributed by atoms with E-state index in [2.05, 4.69) is 45.9 Å². The zero-order valence-corrected chi connectivity index (χ0v) is 18.4. The van der Waals surface area contributed by atoms with E-state index in [4.69, 9.17) is 10.8 Å². The molecule has 0 aliphatic rings. The number of nitrogens with two attached hydrogens (primary N) is 1. The molecule has 0 aromatic carbocycles. The van der Waals surface area contributed by atoms with Crippen LogP contribution in [0, 0.1) is 0 Å². The van der Waals surface area contributed by atoms with Crippen LogP contribution >= 0.6 is 0 Å². The lowest BCUT2D eigenvalue weighted by Gasteiger charge is -2.09. The van der Waals surface area contributed by atoms with E-state index in [0.717, 1.165) is 38.8 Å². The van der Waals surface area contributed by atoms with Gasteiger partial charge in [-0.15, -0.1) is 0 Å². The largest absolute Gasteiger partial charge is 0.394 e. The molecule has 0 saturated carbocycles. The van der Waals surface area contributed by atoms with Crippen LogP contribution < -0.4 is 27.2 Å². The Morgan fingerprint density at radius 1 is 1.03 bits per heavy atom. The van der Waals surface area contributed by atoms with Gasteiger partial charge in [-0.1, -0.05) is 12.8 Å². The molecule has 1 unspecified atom stereocenters. The number of aromatic amines is 1. The quantitative estimate of drug-likeness (QED) is 0.135. The minimum atomic E-state index is -0.693. The molecule has 1 atom stereocenters. The molecule has 0 amide bonds. The van der Waals surface area contributed by atoms with Gasteiger partial charge in [-0.05, 0) is 19.4 Å². The second kappa shape index (κ2) is 12.6. The molecule has 0 fully saturated rings. The van der Waals surface area contributed by atoms with E-state index in [9.17, 15) is 9.90 Å². The minimum absolute atomic E-state index is 0.0462. The third-order valence-corrected chi connectivity index (χ3v) is 4.85. The number of anilines is 3. The van der Waals surface area contributed by atoms with E-state index in [1.54, 1.807) is 10.9 Å². The summed E-state index contributed by atoms with van der Waals surface area (Å²) < 4.78 is 1.73. The van der Waals surface area contributed by atoms with Crippen molar-refractivity contribution in [2.45, 2.75) is 38.3 Å². The number of hydrogen-bond acceptors (Lipinski definition) is 12. The number of nitrogens with one attached hydrogen (secondary N) is 4. The van der Waals surface area contributed by atoms with Crippen molar-refractivity contribution < 1.29 is 10.2 Å². The number of hydrogen-bond donors (Lipinski definition) is 7. The van der Waals surface area contributed by atoms with Gasteiger partial charge in [-0.2, -0.15) is 9.97 Å². The highest BCUT2D eigenvalue weighted by Crippen LogP contribution is 2.07. The topological polar surface area (TPSA) is 205 Å². The lowest BCUT2D eigenvalue weighted by Crippen LogP contribution is -2.29. The fraction of sp³-hybridized carbons (Fsp3) is 0.579. The van der Waals surface area contributed by atoms with Gasteiger partial charge in [-0.25, -0.2) is 15.0 Å². The molecule has 14 heteroatoms. The Kier molecular flexibility index (Phi) is 9.29. The molecule has 3 aromatic rings. The number of imidazole rings is 1. The highest BCUT2D eigenvalue weighted by atomic mass is 16.3. The van der Waals surface area contributed by atoms with Gasteiger partial charge in [0, 0.05) is 26.2 Å². The van der Waals surface area contributed by atoms with Gasteiger partial charge in [0.05, 0.1) is 19.0 Å². The fourth-order valence-electron chi connectivity index (χ4n) is 3.15. The summed E-state index contributed by atoms with van der Waals surface area (Å²) in [6.45, 7) is 2.76. The maximum Gasteiger partial charge on any atom is 0.280 e. The fourth-order valence-corrected chi connectivity index (χ4v) is 3.15. The van der Waals surface area contributed by atoms with Gasteiger partial charge in [0.1, 0.15) is 6.33 Å². The Bertz CT molecular complexity index is 1050. The highest BCUT2D eigenvalue weighted by Gasteiger charge is 2.09. The molecule has 0 saturated heterocycles. The molecule has 180 valence electrons. The molecule has 3 rings (SSSR count). The van der Waals surface area contributed by atoms with E-state index in [-0.39, 0.29) is 23.6 Å². The smallest absolute Gasteiger partial charge is 0.280 e. The summed E-state index contributed by atoms with van der Waals surface area (Å²) in [6.07, 6.45) is 6.43. The first-order valence-electron chi connectivity index (χ1n) is 10.9. The molecule has 0 bridgehead atoms. The lowest BCUT2D eigenvalue weighted by atomic mass is 10.2. The average molecular weight is 462 g/mol. The molecule has 3 aromatic heterocycles. The Hall–Kier alpha value is -3.36. The summed E-state index contributed by atoms with van der Waals surface area (Å²) in [5.41, 5.74) is 5.91. The van der Waals surface area contributed by atoms with Crippen LogP contribution in [0.5, 0.6) is 0 Å². The van der Waals surface area contributed by atoms with Crippen molar-refractivity contribution >= 4 is 29.0 Å².